The lowest BCUT2D eigenvalue weighted by Gasteiger charge is -2.39. The van der Waals surface area contributed by atoms with E-state index in [0.29, 0.717) is 0 Å². The molecule has 0 radical (unpaired) electrons. The van der Waals surface area contributed by atoms with E-state index in [9.17, 15) is 0 Å². The minimum absolute atomic E-state index is 0.0928. The number of piperidine rings is 1. The second-order valence-corrected chi connectivity index (χ2v) is 5.24. The van der Waals surface area contributed by atoms with E-state index in [2.05, 4.69) is 11.8 Å². The number of hydrogen-bond acceptors (Lipinski definition) is 3. The summed E-state index contributed by atoms with van der Waals surface area (Å²) in [5, 5.41) is 0. The minimum Gasteiger partial charge on any atom is -0.377 e. The number of likely N-dealkylation sites (tertiary alicyclic amines) is 1. The zero-order valence-corrected chi connectivity index (χ0v) is 11.0. The van der Waals surface area contributed by atoms with Gasteiger partial charge in [-0.25, -0.2) is 0 Å². The number of ether oxygens (including phenoxy) is 1. The normalized spacial score (nSPS) is 27.2. The third kappa shape index (κ3) is 4.81. The molecular weight excluding hydrogens is 200 g/mol. The Balaban J connectivity index is 2.12. The predicted molar refractivity (Wildman–Crippen MR) is 68.6 cm³/mol. The molecule has 3 heteroatoms. The highest BCUT2D eigenvalue weighted by Gasteiger charge is 2.30. The van der Waals surface area contributed by atoms with Crippen molar-refractivity contribution in [1.29, 1.82) is 0 Å². The highest BCUT2D eigenvalue weighted by Crippen LogP contribution is 2.23. The molecule has 96 valence electrons. The van der Waals surface area contributed by atoms with Crippen LogP contribution in [0.2, 0.25) is 0 Å². The molecule has 1 rings (SSSR count). The first-order valence-electron chi connectivity index (χ1n) is 6.68. The topological polar surface area (TPSA) is 38.5 Å². The van der Waals surface area contributed by atoms with Gasteiger partial charge in [0.15, 0.2) is 0 Å². The van der Waals surface area contributed by atoms with Gasteiger partial charge in [-0.2, -0.15) is 0 Å². The fraction of sp³-hybridized carbons (Fsp3) is 1.00. The second-order valence-electron chi connectivity index (χ2n) is 5.24. The monoisotopic (exact) mass is 228 g/mol. The predicted octanol–water partition coefficient (Wildman–Crippen LogP) is 2.01. The molecular formula is C13H28N2O. The smallest absolute Gasteiger partial charge is 0.0777 e. The lowest BCUT2D eigenvalue weighted by Crippen LogP contribution is -2.47. The molecule has 16 heavy (non-hydrogen) atoms. The van der Waals surface area contributed by atoms with Crippen molar-refractivity contribution >= 4 is 0 Å². The molecule has 2 N–H and O–H groups in total. The van der Waals surface area contributed by atoms with Gasteiger partial charge >= 0.3 is 0 Å². The SMILES string of the molecule is COC1(C)CCCN(CCCCCCN)C1. The summed E-state index contributed by atoms with van der Waals surface area (Å²) in [6.07, 6.45) is 7.55. The van der Waals surface area contributed by atoms with Gasteiger partial charge in [-0.1, -0.05) is 12.8 Å². The van der Waals surface area contributed by atoms with Crippen LogP contribution in [0, 0.1) is 0 Å². The first kappa shape index (κ1) is 13.9. The Morgan fingerprint density at radius 2 is 2.00 bits per heavy atom. The zero-order chi connectivity index (χ0) is 11.9. The van der Waals surface area contributed by atoms with E-state index in [1.165, 1.54) is 51.6 Å². The zero-order valence-electron chi connectivity index (χ0n) is 11.0. The first-order valence-corrected chi connectivity index (χ1v) is 6.68. The summed E-state index contributed by atoms with van der Waals surface area (Å²) in [7, 11) is 1.84. The Kier molecular flexibility index (Phi) is 6.32. The molecule has 0 aromatic heterocycles. The van der Waals surface area contributed by atoms with E-state index >= 15 is 0 Å². The summed E-state index contributed by atoms with van der Waals surface area (Å²) in [4.78, 5) is 2.55. The third-order valence-corrected chi connectivity index (χ3v) is 3.66. The van der Waals surface area contributed by atoms with Crippen LogP contribution < -0.4 is 5.73 Å². The van der Waals surface area contributed by atoms with Crippen LogP contribution in [0.4, 0.5) is 0 Å². The molecule has 1 aliphatic rings. The van der Waals surface area contributed by atoms with Gasteiger partial charge in [0.05, 0.1) is 5.60 Å². The molecule has 0 aliphatic carbocycles. The summed E-state index contributed by atoms with van der Waals surface area (Å²) < 4.78 is 5.60. The molecule has 0 bridgehead atoms. The molecule has 0 saturated carbocycles. The Hall–Kier alpha value is -0.120. The average molecular weight is 228 g/mol. The Labute approximate surface area is 100 Å². The Morgan fingerprint density at radius 3 is 2.69 bits per heavy atom. The minimum atomic E-state index is 0.0928. The van der Waals surface area contributed by atoms with Gasteiger partial charge in [-0.15, -0.1) is 0 Å². The van der Waals surface area contributed by atoms with Crippen LogP contribution in [0.25, 0.3) is 0 Å². The van der Waals surface area contributed by atoms with Crippen LogP contribution in [-0.4, -0.2) is 43.8 Å². The van der Waals surface area contributed by atoms with Crippen molar-refractivity contribution in [2.75, 3.05) is 33.3 Å². The quantitative estimate of drug-likeness (QED) is 0.677. The maximum absolute atomic E-state index is 5.60. The van der Waals surface area contributed by atoms with Gasteiger partial charge in [-0.05, 0) is 52.2 Å². The number of unbranched alkanes of at least 4 members (excludes halogenated alkanes) is 3. The third-order valence-electron chi connectivity index (χ3n) is 3.66. The molecule has 1 unspecified atom stereocenters. The number of nitrogens with zero attached hydrogens (tertiary/aromatic N) is 1. The summed E-state index contributed by atoms with van der Waals surface area (Å²) in [6, 6.07) is 0. The fourth-order valence-corrected chi connectivity index (χ4v) is 2.50. The van der Waals surface area contributed by atoms with E-state index in [1.807, 2.05) is 7.11 Å². The lowest BCUT2D eigenvalue weighted by molar-refractivity contribution is -0.0508. The number of hydrogen-bond donors (Lipinski definition) is 1. The van der Waals surface area contributed by atoms with Gasteiger partial charge in [0.2, 0.25) is 0 Å². The van der Waals surface area contributed by atoms with Gasteiger partial charge in [0.25, 0.3) is 0 Å². The Morgan fingerprint density at radius 1 is 1.25 bits per heavy atom. The summed E-state index contributed by atoms with van der Waals surface area (Å²) in [5.41, 5.74) is 5.57. The number of nitrogens with two attached hydrogens (primary N) is 1. The maximum atomic E-state index is 5.60. The number of methoxy groups -OCH3 is 1. The number of rotatable bonds is 7. The second kappa shape index (κ2) is 7.25. The molecule has 1 fully saturated rings. The average Bonchev–Trinajstić information content (AvgIpc) is 2.29. The largest absolute Gasteiger partial charge is 0.377 e. The van der Waals surface area contributed by atoms with Crippen molar-refractivity contribution in [1.82, 2.24) is 4.90 Å². The fourth-order valence-electron chi connectivity index (χ4n) is 2.50. The van der Waals surface area contributed by atoms with Crippen LogP contribution in [0.15, 0.2) is 0 Å². The van der Waals surface area contributed by atoms with Gasteiger partial charge in [0.1, 0.15) is 0 Å². The first-order chi connectivity index (χ1) is 7.70. The van der Waals surface area contributed by atoms with Crippen LogP contribution >= 0.6 is 0 Å². The molecule has 1 heterocycles. The summed E-state index contributed by atoms with van der Waals surface area (Å²) in [6.45, 7) is 6.64. The van der Waals surface area contributed by atoms with Crippen LogP contribution in [0.3, 0.4) is 0 Å². The van der Waals surface area contributed by atoms with Crippen molar-refractivity contribution in [2.24, 2.45) is 5.73 Å². The van der Waals surface area contributed by atoms with Crippen LogP contribution in [-0.2, 0) is 4.74 Å². The highest BCUT2D eigenvalue weighted by molar-refractivity contribution is 4.84. The van der Waals surface area contributed by atoms with E-state index in [1.54, 1.807) is 0 Å². The lowest BCUT2D eigenvalue weighted by atomic mass is 9.94. The van der Waals surface area contributed by atoms with Gasteiger partial charge < -0.3 is 15.4 Å². The van der Waals surface area contributed by atoms with Crippen molar-refractivity contribution < 1.29 is 4.74 Å². The molecule has 0 aromatic carbocycles. The molecule has 1 aliphatic heterocycles. The standard InChI is InChI=1S/C13H28N2O/c1-13(16-2)8-7-11-15(12-13)10-6-4-3-5-9-14/h3-12,14H2,1-2H3. The summed E-state index contributed by atoms with van der Waals surface area (Å²) in [5.74, 6) is 0. The molecule has 3 nitrogen and oxygen atoms in total. The molecule has 0 aromatic rings. The molecule has 0 amide bonds. The van der Waals surface area contributed by atoms with Gasteiger partial charge in [0, 0.05) is 13.7 Å². The molecule has 0 spiro atoms. The van der Waals surface area contributed by atoms with Crippen LogP contribution in [0.5, 0.6) is 0 Å². The summed E-state index contributed by atoms with van der Waals surface area (Å²) >= 11 is 0. The molecule has 1 atom stereocenters. The highest BCUT2D eigenvalue weighted by atomic mass is 16.5. The van der Waals surface area contributed by atoms with E-state index < -0.39 is 0 Å². The van der Waals surface area contributed by atoms with Crippen LogP contribution in [0.1, 0.15) is 45.4 Å². The van der Waals surface area contributed by atoms with E-state index in [-0.39, 0.29) is 5.60 Å². The van der Waals surface area contributed by atoms with E-state index in [0.717, 1.165) is 13.1 Å². The molecule has 1 saturated heterocycles. The van der Waals surface area contributed by atoms with Crippen molar-refractivity contribution in [3.05, 3.63) is 0 Å². The van der Waals surface area contributed by atoms with E-state index in [4.69, 9.17) is 10.5 Å². The van der Waals surface area contributed by atoms with Crippen molar-refractivity contribution in [3.63, 3.8) is 0 Å². The Bertz CT molecular complexity index is 187. The maximum Gasteiger partial charge on any atom is 0.0777 e. The van der Waals surface area contributed by atoms with Crippen molar-refractivity contribution in [3.8, 4) is 0 Å². The van der Waals surface area contributed by atoms with Crippen molar-refractivity contribution in [2.45, 2.75) is 51.0 Å². The van der Waals surface area contributed by atoms with Gasteiger partial charge in [-0.3, -0.25) is 0 Å².